The standard InChI is InChI=1S/C27H32N2O6/c1-27(2,3)23-15-29(12-13-34-23)25(32)22(14-24(30)31)28-26(33)35-16-21-19-10-6-4-8-17(19)18-9-5-7-11-20(18)21/h4-11,21-23H,12-16H2,1-3H3,(H,28,33)(H,30,31). The van der Waals surface area contributed by atoms with Crippen LogP contribution in [0.25, 0.3) is 11.1 Å². The summed E-state index contributed by atoms with van der Waals surface area (Å²) in [6.45, 7) is 7.19. The largest absolute Gasteiger partial charge is 0.481 e. The van der Waals surface area contributed by atoms with Crippen molar-refractivity contribution >= 4 is 18.0 Å². The number of amides is 2. The van der Waals surface area contributed by atoms with Crippen LogP contribution in [-0.2, 0) is 19.1 Å². The van der Waals surface area contributed by atoms with Crippen molar-refractivity contribution in [3.63, 3.8) is 0 Å². The molecule has 2 amide bonds. The lowest BCUT2D eigenvalue weighted by atomic mass is 9.88. The molecular formula is C27H32N2O6. The van der Waals surface area contributed by atoms with Gasteiger partial charge in [0, 0.05) is 19.0 Å². The van der Waals surface area contributed by atoms with E-state index in [9.17, 15) is 19.5 Å². The first kappa shape index (κ1) is 24.7. The molecule has 2 aromatic carbocycles. The zero-order valence-electron chi connectivity index (χ0n) is 20.3. The Morgan fingerprint density at radius 3 is 2.26 bits per heavy atom. The lowest BCUT2D eigenvalue weighted by molar-refractivity contribution is -0.149. The number of carbonyl (C=O) groups is 3. The molecule has 0 saturated carbocycles. The zero-order chi connectivity index (χ0) is 25.2. The summed E-state index contributed by atoms with van der Waals surface area (Å²) in [6.07, 6.45) is -1.52. The molecule has 1 fully saturated rings. The van der Waals surface area contributed by atoms with Crippen LogP contribution in [0.4, 0.5) is 4.79 Å². The fraction of sp³-hybridized carbons (Fsp3) is 0.444. The molecule has 186 valence electrons. The summed E-state index contributed by atoms with van der Waals surface area (Å²) < 4.78 is 11.3. The Morgan fingerprint density at radius 2 is 1.69 bits per heavy atom. The van der Waals surface area contributed by atoms with Crippen LogP contribution in [0, 0.1) is 5.41 Å². The van der Waals surface area contributed by atoms with Crippen molar-refractivity contribution in [1.82, 2.24) is 10.2 Å². The van der Waals surface area contributed by atoms with Gasteiger partial charge in [-0.2, -0.15) is 0 Å². The van der Waals surface area contributed by atoms with Crippen LogP contribution in [-0.4, -0.2) is 66.4 Å². The molecule has 2 aliphatic rings. The van der Waals surface area contributed by atoms with Gasteiger partial charge in [-0.1, -0.05) is 69.3 Å². The van der Waals surface area contributed by atoms with Gasteiger partial charge in [0.2, 0.25) is 5.91 Å². The van der Waals surface area contributed by atoms with Gasteiger partial charge in [0.1, 0.15) is 12.6 Å². The third-order valence-electron chi connectivity index (χ3n) is 6.66. The number of fused-ring (bicyclic) bond motifs is 3. The van der Waals surface area contributed by atoms with E-state index in [1.54, 1.807) is 4.90 Å². The summed E-state index contributed by atoms with van der Waals surface area (Å²) in [5.41, 5.74) is 4.18. The van der Waals surface area contributed by atoms with Crippen molar-refractivity contribution in [3.8, 4) is 11.1 Å². The minimum atomic E-state index is -1.22. The Morgan fingerprint density at radius 1 is 1.09 bits per heavy atom. The highest BCUT2D eigenvalue weighted by molar-refractivity contribution is 5.89. The van der Waals surface area contributed by atoms with E-state index < -0.39 is 30.4 Å². The minimum Gasteiger partial charge on any atom is -0.481 e. The van der Waals surface area contributed by atoms with E-state index in [1.807, 2.05) is 69.3 Å². The lowest BCUT2D eigenvalue weighted by Gasteiger charge is -2.40. The van der Waals surface area contributed by atoms with Crippen molar-refractivity contribution in [2.75, 3.05) is 26.3 Å². The Balaban J connectivity index is 1.42. The van der Waals surface area contributed by atoms with E-state index in [0.29, 0.717) is 19.7 Å². The van der Waals surface area contributed by atoms with Crippen molar-refractivity contribution in [2.24, 2.45) is 5.41 Å². The summed E-state index contributed by atoms with van der Waals surface area (Å²) in [4.78, 5) is 38.9. The van der Waals surface area contributed by atoms with Gasteiger partial charge in [0.15, 0.2) is 0 Å². The first-order chi connectivity index (χ1) is 16.6. The van der Waals surface area contributed by atoms with E-state index >= 15 is 0 Å². The number of carboxylic acids is 1. The van der Waals surface area contributed by atoms with Crippen LogP contribution in [0.15, 0.2) is 48.5 Å². The number of hydrogen-bond donors (Lipinski definition) is 2. The Labute approximate surface area is 205 Å². The molecular weight excluding hydrogens is 448 g/mol. The number of nitrogens with zero attached hydrogens (tertiary/aromatic N) is 1. The van der Waals surface area contributed by atoms with Crippen LogP contribution < -0.4 is 5.32 Å². The minimum absolute atomic E-state index is 0.0808. The molecule has 4 rings (SSSR count). The van der Waals surface area contributed by atoms with Gasteiger partial charge in [0.05, 0.1) is 19.1 Å². The van der Waals surface area contributed by atoms with Crippen molar-refractivity contribution in [3.05, 3.63) is 59.7 Å². The van der Waals surface area contributed by atoms with Crippen LogP contribution in [0.3, 0.4) is 0 Å². The third kappa shape index (κ3) is 5.48. The fourth-order valence-electron chi connectivity index (χ4n) is 4.75. The van der Waals surface area contributed by atoms with Crippen LogP contribution in [0.1, 0.15) is 44.2 Å². The number of carbonyl (C=O) groups excluding carboxylic acids is 2. The van der Waals surface area contributed by atoms with E-state index in [-0.39, 0.29) is 24.0 Å². The van der Waals surface area contributed by atoms with Gasteiger partial charge in [-0.25, -0.2) is 4.79 Å². The maximum atomic E-state index is 13.2. The summed E-state index contributed by atoms with van der Waals surface area (Å²) in [6, 6.07) is 14.8. The smallest absolute Gasteiger partial charge is 0.407 e. The highest BCUT2D eigenvalue weighted by atomic mass is 16.5. The van der Waals surface area contributed by atoms with E-state index in [4.69, 9.17) is 9.47 Å². The molecule has 0 bridgehead atoms. The average Bonchev–Trinajstić information content (AvgIpc) is 3.15. The van der Waals surface area contributed by atoms with Gasteiger partial charge < -0.3 is 24.8 Å². The summed E-state index contributed by atoms with van der Waals surface area (Å²) in [5.74, 6) is -1.75. The van der Waals surface area contributed by atoms with Crippen LogP contribution in [0.2, 0.25) is 0 Å². The van der Waals surface area contributed by atoms with Gasteiger partial charge in [-0.05, 0) is 27.7 Å². The second-order valence-electron chi connectivity index (χ2n) is 10.1. The molecule has 1 aliphatic heterocycles. The number of rotatable bonds is 6. The first-order valence-corrected chi connectivity index (χ1v) is 11.9. The quantitative estimate of drug-likeness (QED) is 0.654. The first-order valence-electron chi connectivity index (χ1n) is 11.9. The van der Waals surface area contributed by atoms with Gasteiger partial charge in [-0.3, -0.25) is 9.59 Å². The molecule has 0 radical (unpaired) electrons. The molecule has 8 heteroatoms. The number of alkyl carbamates (subject to hydrolysis) is 1. The van der Waals surface area contributed by atoms with Gasteiger partial charge in [0.25, 0.3) is 0 Å². The second kappa shape index (κ2) is 10.1. The number of nitrogens with one attached hydrogen (secondary N) is 1. The van der Waals surface area contributed by atoms with E-state index in [1.165, 1.54) is 0 Å². The number of ether oxygens (including phenoxy) is 2. The molecule has 1 heterocycles. The van der Waals surface area contributed by atoms with E-state index in [2.05, 4.69) is 5.32 Å². The topological polar surface area (TPSA) is 105 Å². The Bertz CT molecular complexity index is 1060. The Kier molecular flexibility index (Phi) is 7.12. The highest BCUT2D eigenvalue weighted by Gasteiger charge is 2.36. The SMILES string of the molecule is CC(C)(C)C1CN(C(=O)C(CC(=O)O)NC(=O)OCC2c3ccccc3-c3ccccc32)CCO1. The molecule has 0 aromatic heterocycles. The Hall–Kier alpha value is -3.39. The maximum Gasteiger partial charge on any atom is 0.407 e. The molecule has 8 nitrogen and oxygen atoms in total. The molecule has 0 spiro atoms. The molecule has 2 unspecified atom stereocenters. The number of aliphatic carboxylic acids is 1. The fourth-order valence-corrected chi connectivity index (χ4v) is 4.75. The number of hydrogen-bond acceptors (Lipinski definition) is 5. The molecule has 2 atom stereocenters. The average molecular weight is 481 g/mol. The normalized spacial score (nSPS) is 18.4. The lowest BCUT2D eigenvalue weighted by Crippen LogP contribution is -2.56. The summed E-state index contributed by atoms with van der Waals surface area (Å²) >= 11 is 0. The van der Waals surface area contributed by atoms with Crippen molar-refractivity contribution in [1.29, 1.82) is 0 Å². The van der Waals surface area contributed by atoms with E-state index in [0.717, 1.165) is 22.3 Å². The van der Waals surface area contributed by atoms with Gasteiger partial charge in [-0.15, -0.1) is 0 Å². The monoisotopic (exact) mass is 480 g/mol. The zero-order valence-corrected chi connectivity index (χ0v) is 20.3. The second-order valence-corrected chi connectivity index (χ2v) is 10.1. The summed E-state index contributed by atoms with van der Waals surface area (Å²) in [5, 5.41) is 11.9. The summed E-state index contributed by atoms with van der Waals surface area (Å²) in [7, 11) is 0. The molecule has 2 aromatic rings. The number of benzene rings is 2. The number of morpholine rings is 1. The predicted molar refractivity (Wildman–Crippen MR) is 130 cm³/mol. The molecule has 2 N–H and O–H groups in total. The molecule has 35 heavy (non-hydrogen) atoms. The molecule has 1 aliphatic carbocycles. The maximum absolute atomic E-state index is 13.2. The highest BCUT2D eigenvalue weighted by Crippen LogP contribution is 2.44. The third-order valence-corrected chi connectivity index (χ3v) is 6.66. The number of carboxylic acid groups (broad SMARTS) is 1. The predicted octanol–water partition coefficient (Wildman–Crippen LogP) is 3.64. The molecule has 1 saturated heterocycles. The van der Waals surface area contributed by atoms with Crippen molar-refractivity contribution < 1.29 is 29.0 Å². The van der Waals surface area contributed by atoms with Crippen LogP contribution in [0.5, 0.6) is 0 Å². The van der Waals surface area contributed by atoms with Crippen LogP contribution >= 0.6 is 0 Å². The van der Waals surface area contributed by atoms with Crippen molar-refractivity contribution in [2.45, 2.75) is 45.3 Å². The van der Waals surface area contributed by atoms with Gasteiger partial charge >= 0.3 is 12.1 Å².